The average molecular weight is 635 g/mol. The lowest BCUT2D eigenvalue weighted by molar-refractivity contribution is 0.0274. The van der Waals surface area contributed by atoms with Crippen molar-refractivity contribution < 1.29 is 19.1 Å². The molecule has 0 unspecified atom stereocenters. The summed E-state index contributed by atoms with van der Waals surface area (Å²) >= 11 is 0. The maximum absolute atomic E-state index is 12.6. The van der Waals surface area contributed by atoms with Gasteiger partial charge in [-0.15, -0.1) is 0 Å². The van der Waals surface area contributed by atoms with Crippen molar-refractivity contribution in [2.75, 3.05) is 69.6 Å². The molecule has 1 atom stereocenters. The topological polar surface area (TPSA) is 129 Å². The van der Waals surface area contributed by atoms with Gasteiger partial charge in [0.25, 0.3) is 5.91 Å². The van der Waals surface area contributed by atoms with Crippen LogP contribution in [0.4, 0.5) is 22.0 Å². The molecule has 0 radical (unpaired) electrons. The van der Waals surface area contributed by atoms with E-state index in [1.54, 1.807) is 11.8 Å². The number of likely N-dealkylation sites (N-methyl/N-ethyl adjacent to an activating group) is 1. The second kappa shape index (κ2) is 13.8. The highest BCUT2D eigenvalue weighted by Gasteiger charge is 2.33. The number of rotatable bonds is 8. The van der Waals surface area contributed by atoms with E-state index >= 15 is 0 Å². The predicted octanol–water partition coefficient (Wildman–Crippen LogP) is 4.27. The molecule has 0 saturated carbocycles. The molecule has 3 fully saturated rings. The number of nitrogens with two attached hydrogens (primary N) is 1. The molecule has 3 saturated heterocycles. The largest absolute Gasteiger partial charge is 0.471 e. The number of ether oxygens (including phenoxy) is 2. The Morgan fingerprint density at radius 3 is 2.30 bits per heavy atom. The van der Waals surface area contributed by atoms with Gasteiger partial charge in [-0.05, 0) is 83.8 Å². The van der Waals surface area contributed by atoms with Crippen molar-refractivity contribution in [3.63, 3.8) is 0 Å². The predicted molar refractivity (Wildman–Crippen MR) is 181 cm³/mol. The Morgan fingerprint density at radius 2 is 1.70 bits per heavy atom. The second-order valence-corrected chi connectivity index (χ2v) is 13.9. The van der Waals surface area contributed by atoms with Crippen molar-refractivity contribution in [3.05, 3.63) is 41.7 Å². The molecule has 4 heterocycles. The quantitative estimate of drug-likeness (QED) is 0.435. The molecule has 0 aliphatic carbocycles. The molecule has 1 aromatic carbocycles. The molecule has 3 aliphatic heterocycles. The van der Waals surface area contributed by atoms with Crippen molar-refractivity contribution in [1.29, 1.82) is 0 Å². The molecule has 5 rings (SSSR count). The number of hydrogen-bond acceptors (Lipinski definition) is 10. The van der Waals surface area contributed by atoms with Gasteiger partial charge in [-0.2, -0.15) is 4.98 Å². The number of anilines is 3. The van der Waals surface area contributed by atoms with Crippen LogP contribution in [0, 0.1) is 6.92 Å². The number of primary amides is 1. The summed E-state index contributed by atoms with van der Waals surface area (Å²) in [5.41, 5.74) is 9.19. The maximum Gasteiger partial charge on any atom is 0.410 e. The molecular formula is C34H50N8O4. The van der Waals surface area contributed by atoms with E-state index in [9.17, 15) is 9.59 Å². The summed E-state index contributed by atoms with van der Waals surface area (Å²) in [5, 5.41) is 3.26. The van der Waals surface area contributed by atoms with Crippen LogP contribution in [-0.4, -0.2) is 114 Å². The van der Waals surface area contributed by atoms with Crippen molar-refractivity contribution >= 4 is 34.8 Å². The molecule has 12 heteroatoms. The SMILES string of the molecule is C=C(C)c1nc(C(N)=O)c(Nc2ccc(N3CCC(N4CCN(C)CC4)CC3)c(C)c2)nc1O[C@@H]1CCN(C(=O)OC(C)(C)C)C1. The van der Waals surface area contributed by atoms with Crippen molar-refractivity contribution in [3.8, 4) is 5.88 Å². The van der Waals surface area contributed by atoms with Gasteiger partial charge in [0.2, 0.25) is 5.88 Å². The molecule has 250 valence electrons. The number of nitrogens with zero attached hydrogens (tertiary/aromatic N) is 6. The first-order chi connectivity index (χ1) is 21.8. The Hall–Kier alpha value is -3.90. The van der Waals surface area contributed by atoms with Crippen molar-refractivity contribution in [1.82, 2.24) is 24.7 Å². The standard InChI is InChI=1S/C34H50N8O4/c1-22(2)28-32(45-26-12-15-42(21-26)33(44)46-34(4,5)6)38-31(29(37-28)30(35)43)36-24-8-9-27(23(3)20-24)41-13-10-25(11-14-41)40-18-16-39(7)17-19-40/h8-9,20,25-26H,1,10-19,21H2,2-7H3,(H2,35,43)(H,36,38)/t26-/m1/s1. The van der Waals surface area contributed by atoms with Gasteiger partial charge in [-0.1, -0.05) is 6.58 Å². The number of carbonyl (C=O) groups excluding carboxylic acids is 2. The Labute approximate surface area is 272 Å². The van der Waals surface area contributed by atoms with Crippen LogP contribution in [-0.2, 0) is 4.74 Å². The number of benzene rings is 1. The fourth-order valence-electron chi connectivity index (χ4n) is 6.40. The third-order valence-electron chi connectivity index (χ3n) is 8.90. The summed E-state index contributed by atoms with van der Waals surface area (Å²) in [6, 6.07) is 6.82. The monoisotopic (exact) mass is 634 g/mol. The van der Waals surface area contributed by atoms with Crippen LogP contribution >= 0.6 is 0 Å². The number of aromatic nitrogens is 2. The Bertz CT molecular complexity index is 1440. The van der Waals surface area contributed by atoms with Crippen LogP contribution in [0.2, 0.25) is 0 Å². The number of carbonyl (C=O) groups is 2. The smallest absolute Gasteiger partial charge is 0.410 e. The number of piperazine rings is 1. The third kappa shape index (κ3) is 8.08. The molecule has 1 aromatic heterocycles. The van der Waals surface area contributed by atoms with Crippen LogP contribution < -0.4 is 20.7 Å². The number of aryl methyl sites for hydroxylation is 1. The lowest BCUT2D eigenvalue weighted by Gasteiger charge is -2.43. The summed E-state index contributed by atoms with van der Waals surface area (Å²) in [6.45, 7) is 20.9. The van der Waals surface area contributed by atoms with E-state index in [0.29, 0.717) is 36.8 Å². The first kappa shape index (κ1) is 33.5. The van der Waals surface area contributed by atoms with E-state index in [1.165, 1.54) is 5.69 Å². The number of amides is 2. The fraction of sp³-hybridized carbons (Fsp3) is 0.588. The summed E-state index contributed by atoms with van der Waals surface area (Å²) in [7, 11) is 2.20. The van der Waals surface area contributed by atoms with E-state index < -0.39 is 11.5 Å². The summed E-state index contributed by atoms with van der Waals surface area (Å²) < 4.78 is 11.8. The first-order valence-electron chi connectivity index (χ1n) is 16.3. The van der Waals surface area contributed by atoms with E-state index in [-0.39, 0.29) is 29.6 Å². The highest BCUT2D eigenvalue weighted by molar-refractivity contribution is 5.97. The van der Waals surface area contributed by atoms with Crippen LogP contribution in [0.15, 0.2) is 24.8 Å². The van der Waals surface area contributed by atoms with Gasteiger partial charge < -0.3 is 35.2 Å². The van der Waals surface area contributed by atoms with Crippen molar-refractivity contribution in [2.45, 2.75) is 71.6 Å². The van der Waals surface area contributed by atoms with Crippen LogP contribution in [0.1, 0.15) is 68.7 Å². The highest BCUT2D eigenvalue weighted by atomic mass is 16.6. The zero-order valence-electron chi connectivity index (χ0n) is 28.3. The number of allylic oxidation sites excluding steroid dienone is 1. The Kier molecular flexibility index (Phi) is 10.1. The van der Waals surface area contributed by atoms with Crippen LogP contribution in [0.3, 0.4) is 0 Å². The van der Waals surface area contributed by atoms with Gasteiger partial charge in [-0.25, -0.2) is 9.78 Å². The van der Waals surface area contributed by atoms with Gasteiger partial charge in [0.1, 0.15) is 17.4 Å². The minimum atomic E-state index is -0.711. The zero-order valence-corrected chi connectivity index (χ0v) is 28.3. The van der Waals surface area contributed by atoms with Crippen molar-refractivity contribution in [2.24, 2.45) is 5.73 Å². The second-order valence-electron chi connectivity index (χ2n) is 13.9. The molecule has 0 spiro atoms. The normalized spacial score (nSPS) is 20.1. The number of likely N-dealkylation sites (tertiary alicyclic amines) is 1. The molecule has 2 amide bonds. The van der Waals surface area contributed by atoms with E-state index in [0.717, 1.165) is 63.4 Å². The Morgan fingerprint density at radius 1 is 1.00 bits per heavy atom. The van der Waals surface area contributed by atoms with Gasteiger partial charge in [0.05, 0.1) is 6.54 Å². The molecule has 3 N–H and O–H groups in total. The molecule has 3 aliphatic rings. The molecule has 2 aromatic rings. The summed E-state index contributed by atoms with van der Waals surface area (Å²) in [5.74, 6) is -0.278. The molecule has 12 nitrogen and oxygen atoms in total. The van der Waals surface area contributed by atoms with Gasteiger partial charge in [0.15, 0.2) is 11.5 Å². The highest BCUT2D eigenvalue weighted by Crippen LogP contribution is 2.32. The van der Waals surface area contributed by atoms with Gasteiger partial charge in [-0.3, -0.25) is 9.69 Å². The van der Waals surface area contributed by atoms with E-state index in [1.807, 2.05) is 26.8 Å². The third-order valence-corrected chi connectivity index (χ3v) is 8.90. The number of nitrogens with one attached hydrogen (secondary N) is 1. The molecule has 46 heavy (non-hydrogen) atoms. The molecule has 0 bridgehead atoms. The lowest BCUT2D eigenvalue weighted by Crippen LogP contribution is -2.52. The van der Waals surface area contributed by atoms with Gasteiger partial charge >= 0.3 is 6.09 Å². The van der Waals surface area contributed by atoms with Crippen LogP contribution in [0.5, 0.6) is 5.88 Å². The Balaban J connectivity index is 1.29. The zero-order chi connectivity index (χ0) is 33.2. The minimum Gasteiger partial charge on any atom is -0.471 e. The molecular weight excluding hydrogens is 584 g/mol. The average Bonchev–Trinajstić information content (AvgIpc) is 3.46. The first-order valence-corrected chi connectivity index (χ1v) is 16.3. The number of piperidine rings is 1. The number of hydrogen-bond donors (Lipinski definition) is 2. The maximum atomic E-state index is 12.6. The lowest BCUT2D eigenvalue weighted by atomic mass is 10.0. The summed E-state index contributed by atoms with van der Waals surface area (Å²) in [4.78, 5) is 43.5. The summed E-state index contributed by atoms with van der Waals surface area (Å²) in [6.07, 6.45) is 2.22. The van der Waals surface area contributed by atoms with E-state index in [2.05, 4.69) is 57.7 Å². The minimum absolute atomic E-state index is 0.000128. The van der Waals surface area contributed by atoms with E-state index in [4.69, 9.17) is 20.2 Å². The van der Waals surface area contributed by atoms with Gasteiger partial charge in [0, 0.05) is 69.7 Å². The van der Waals surface area contributed by atoms with Crippen LogP contribution in [0.25, 0.3) is 5.57 Å². The fourth-order valence-corrected chi connectivity index (χ4v) is 6.40.